The summed E-state index contributed by atoms with van der Waals surface area (Å²) in [5, 5.41) is 10.2. The first-order valence-corrected chi connectivity index (χ1v) is 4.53. The molecule has 0 saturated heterocycles. The molecule has 0 aromatic heterocycles. The van der Waals surface area contributed by atoms with Crippen molar-refractivity contribution in [3.05, 3.63) is 24.3 Å². The van der Waals surface area contributed by atoms with Crippen LogP contribution in [0.1, 0.15) is 20.8 Å². The molecule has 0 spiro atoms. The van der Waals surface area contributed by atoms with Crippen LogP contribution in [0.3, 0.4) is 0 Å². The minimum absolute atomic E-state index is 0.00243. The molecule has 2 heteroatoms. The molecule has 0 fully saturated rings. The summed E-state index contributed by atoms with van der Waals surface area (Å²) in [7, 11) is 1.65. The molecule has 0 aromatic rings. The second kappa shape index (κ2) is 3.28. The maximum absolute atomic E-state index is 10.2. The fraction of sp³-hybridized carbons (Fsp3) is 0.636. The quantitative estimate of drug-likeness (QED) is 0.628. The summed E-state index contributed by atoms with van der Waals surface area (Å²) < 4.78 is 5.11. The van der Waals surface area contributed by atoms with Crippen molar-refractivity contribution >= 4 is 0 Å². The monoisotopic (exact) mass is 182 g/mol. The van der Waals surface area contributed by atoms with E-state index in [1.807, 2.05) is 32.9 Å². The van der Waals surface area contributed by atoms with E-state index in [1.165, 1.54) is 0 Å². The third-order valence-corrected chi connectivity index (χ3v) is 2.55. The van der Waals surface area contributed by atoms with Gasteiger partial charge in [0.15, 0.2) is 0 Å². The Morgan fingerprint density at radius 3 is 2.00 bits per heavy atom. The van der Waals surface area contributed by atoms with E-state index in [2.05, 4.69) is 0 Å². The van der Waals surface area contributed by atoms with Gasteiger partial charge in [-0.1, -0.05) is 32.9 Å². The van der Waals surface area contributed by atoms with Crippen molar-refractivity contribution in [2.45, 2.75) is 32.5 Å². The summed E-state index contributed by atoms with van der Waals surface area (Å²) in [6, 6.07) is 0. The Balaban J connectivity index is 2.83. The zero-order chi connectivity index (χ0) is 10.1. The molecule has 0 aromatic carbocycles. The summed E-state index contributed by atoms with van der Waals surface area (Å²) in [6.07, 6.45) is 7.38. The number of methoxy groups -OCH3 is 1. The van der Waals surface area contributed by atoms with Gasteiger partial charge in [0.05, 0.1) is 6.10 Å². The second-order valence-electron chi connectivity index (χ2n) is 4.49. The number of rotatable bonds is 1. The van der Waals surface area contributed by atoms with E-state index in [-0.39, 0.29) is 11.5 Å². The van der Waals surface area contributed by atoms with E-state index in [0.29, 0.717) is 0 Å². The lowest BCUT2D eigenvalue weighted by molar-refractivity contribution is 0.0257. The normalized spacial score (nSPS) is 33.8. The van der Waals surface area contributed by atoms with Crippen molar-refractivity contribution in [2.75, 3.05) is 7.11 Å². The molecule has 2 nitrogen and oxygen atoms in total. The first kappa shape index (κ1) is 10.5. The highest BCUT2D eigenvalue weighted by molar-refractivity contribution is 5.26. The summed E-state index contributed by atoms with van der Waals surface area (Å²) in [5.41, 5.74) is -1.03. The molecule has 1 aliphatic rings. The van der Waals surface area contributed by atoms with Crippen LogP contribution in [-0.2, 0) is 4.74 Å². The highest BCUT2D eigenvalue weighted by Gasteiger charge is 2.36. The lowest BCUT2D eigenvalue weighted by Crippen LogP contribution is -2.40. The van der Waals surface area contributed by atoms with E-state index >= 15 is 0 Å². The lowest BCUT2D eigenvalue weighted by Gasteiger charge is -2.37. The Morgan fingerprint density at radius 2 is 1.69 bits per heavy atom. The predicted octanol–water partition coefficient (Wildman–Crippen LogP) is 1.90. The zero-order valence-corrected chi connectivity index (χ0v) is 8.74. The molecule has 0 radical (unpaired) electrons. The van der Waals surface area contributed by atoms with Crippen LogP contribution in [0, 0.1) is 5.41 Å². The van der Waals surface area contributed by atoms with Gasteiger partial charge >= 0.3 is 0 Å². The largest absolute Gasteiger partial charge is 0.381 e. The standard InChI is InChI=1S/C11H18O2/c1-10(2,3)11(12)7-5-9(13-4)6-8-11/h5-9,12H,1-4H3. The van der Waals surface area contributed by atoms with Gasteiger partial charge in [-0.15, -0.1) is 0 Å². The average molecular weight is 182 g/mol. The molecule has 0 amide bonds. The summed E-state index contributed by atoms with van der Waals surface area (Å²) in [4.78, 5) is 0. The number of aliphatic hydroxyl groups is 1. The van der Waals surface area contributed by atoms with Gasteiger partial charge < -0.3 is 9.84 Å². The lowest BCUT2D eigenvalue weighted by atomic mass is 9.74. The second-order valence-corrected chi connectivity index (χ2v) is 4.49. The molecule has 0 aliphatic heterocycles. The van der Waals surface area contributed by atoms with Crippen LogP contribution in [0.5, 0.6) is 0 Å². The zero-order valence-electron chi connectivity index (χ0n) is 8.74. The highest BCUT2D eigenvalue weighted by atomic mass is 16.5. The molecular weight excluding hydrogens is 164 g/mol. The van der Waals surface area contributed by atoms with E-state index < -0.39 is 5.60 Å². The third-order valence-electron chi connectivity index (χ3n) is 2.55. The Morgan fingerprint density at radius 1 is 1.23 bits per heavy atom. The Hall–Kier alpha value is -0.600. The minimum Gasteiger partial charge on any atom is -0.381 e. The maximum atomic E-state index is 10.2. The highest BCUT2D eigenvalue weighted by Crippen LogP contribution is 2.34. The average Bonchev–Trinajstić information content (AvgIpc) is 2.04. The van der Waals surface area contributed by atoms with Crippen molar-refractivity contribution in [2.24, 2.45) is 5.41 Å². The third kappa shape index (κ3) is 2.01. The van der Waals surface area contributed by atoms with Crippen LogP contribution in [0.15, 0.2) is 24.3 Å². The molecule has 1 N–H and O–H groups in total. The Labute approximate surface area is 79.9 Å². The summed E-state index contributed by atoms with van der Waals surface area (Å²) >= 11 is 0. The number of ether oxygens (including phenoxy) is 1. The van der Waals surface area contributed by atoms with Crippen LogP contribution < -0.4 is 0 Å². The van der Waals surface area contributed by atoms with Crippen molar-refractivity contribution in [3.8, 4) is 0 Å². The molecule has 0 bridgehead atoms. The summed E-state index contributed by atoms with van der Waals surface area (Å²) in [6.45, 7) is 6.03. The first-order chi connectivity index (χ1) is 5.89. The topological polar surface area (TPSA) is 29.5 Å². The van der Waals surface area contributed by atoms with Crippen LogP contribution in [0.4, 0.5) is 0 Å². The molecule has 1 rings (SSSR count). The predicted molar refractivity (Wildman–Crippen MR) is 53.5 cm³/mol. The van der Waals surface area contributed by atoms with Gasteiger partial charge in [0.25, 0.3) is 0 Å². The van der Waals surface area contributed by atoms with Gasteiger partial charge in [-0.2, -0.15) is 0 Å². The number of hydrogen-bond acceptors (Lipinski definition) is 2. The Bertz CT molecular complexity index is 219. The SMILES string of the molecule is COC1C=CC(O)(C(C)(C)C)C=C1. The molecule has 0 atom stereocenters. The molecule has 0 unspecified atom stereocenters. The van der Waals surface area contributed by atoms with E-state index in [9.17, 15) is 5.11 Å². The fourth-order valence-corrected chi connectivity index (χ4v) is 1.26. The van der Waals surface area contributed by atoms with E-state index in [0.717, 1.165) is 0 Å². The molecule has 74 valence electrons. The smallest absolute Gasteiger partial charge is 0.106 e. The maximum Gasteiger partial charge on any atom is 0.106 e. The van der Waals surface area contributed by atoms with E-state index in [4.69, 9.17) is 4.74 Å². The fourth-order valence-electron chi connectivity index (χ4n) is 1.26. The van der Waals surface area contributed by atoms with Crippen molar-refractivity contribution in [1.82, 2.24) is 0 Å². The summed E-state index contributed by atoms with van der Waals surface area (Å²) in [5.74, 6) is 0. The minimum atomic E-state index is -0.845. The van der Waals surface area contributed by atoms with Gasteiger partial charge in [-0.05, 0) is 17.6 Å². The Kier molecular flexibility index (Phi) is 2.64. The number of hydrogen-bond donors (Lipinski definition) is 1. The van der Waals surface area contributed by atoms with Gasteiger partial charge in [-0.3, -0.25) is 0 Å². The molecule has 13 heavy (non-hydrogen) atoms. The molecule has 1 aliphatic carbocycles. The van der Waals surface area contributed by atoms with Gasteiger partial charge in [0, 0.05) is 7.11 Å². The molecule has 0 heterocycles. The van der Waals surface area contributed by atoms with Crippen molar-refractivity contribution in [1.29, 1.82) is 0 Å². The first-order valence-electron chi connectivity index (χ1n) is 4.53. The van der Waals surface area contributed by atoms with Crippen molar-refractivity contribution in [3.63, 3.8) is 0 Å². The van der Waals surface area contributed by atoms with Gasteiger partial charge in [-0.25, -0.2) is 0 Å². The van der Waals surface area contributed by atoms with Crippen LogP contribution in [0.2, 0.25) is 0 Å². The molecule has 0 saturated carbocycles. The molecular formula is C11H18O2. The van der Waals surface area contributed by atoms with Crippen molar-refractivity contribution < 1.29 is 9.84 Å². The van der Waals surface area contributed by atoms with Crippen LogP contribution in [0.25, 0.3) is 0 Å². The van der Waals surface area contributed by atoms with Gasteiger partial charge in [0.2, 0.25) is 0 Å². The van der Waals surface area contributed by atoms with Gasteiger partial charge in [0.1, 0.15) is 5.60 Å². The van der Waals surface area contributed by atoms with Crippen LogP contribution >= 0.6 is 0 Å². The van der Waals surface area contributed by atoms with Crippen LogP contribution in [-0.4, -0.2) is 23.9 Å². The van der Waals surface area contributed by atoms with E-state index in [1.54, 1.807) is 19.3 Å².